The second-order valence-electron chi connectivity index (χ2n) is 4.07. The molecule has 1 heterocycles. The first kappa shape index (κ1) is 8.75. The minimum atomic E-state index is 0.196. The van der Waals surface area contributed by atoms with Gasteiger partial charge in [-0.3, -0.25) is 4.68 Å². The molecule has 0 radical (unpaired) electrons. The number of hydrogen-bond acceptors (Lipinski definition) is 2. The summed E-state index contributed by atoms with van der Waals surface area (Å²) in [5, 5.41) is 4.47. The monoisotopic (exact) mass is 179 g/mol. The second-order valence-corrected chi connectivity index (χ2v) is 4.07. The van der Waals surface area contributed by atoms with E-state index in [9.17, 15) is 0 Å². The third kappa shape index (κ3) is 1.37. The predicted molar refractivity (Wildman–Crippen MR) is 52.4 cm³/mol. The van der Waals surface area contributed by atoms with Crippen molar-refractivity contribution >= 4 is 0 Å². The standard InChI is InChI=1S/C10H17N3/c1-13-7-4-9(12-13)10(8-11)5-2-3-6-10/h4,7H,2-3,5-6,8,11H2,1H3. The molecule has 3 heteroatoms. The minimum Gasteiger partial charge on any atom is -0.330 e. The van der Waals surface area contributed by atoms with Gasteiger partial charge in [0.2, 0.25) is 0 Å². The molecule has 1 aromatic heterocycles. The molecule has 1 aliphatic carbocycles. The van der Waals surface area contributed by atoms with Crippen LogP contribution in [0.4, 0.5) is 0 Å². The zero-order valence-electron chi connectivity index (χ0n) is 8.16. The summed E-state index contributed by atoms with van der Waals surface area (Å²) in [4.78, 5) is 0. The van der Waals surface area contributed by atoms with Crippen molar-refractivity contribution in [3.63, 3.8) is 0 Å². The first-order valence-electron chi connectivity index (χ1n) is 4.97. The van der Waals surface area contributed by atoms with Crippen molar-refractivity contribution in [1.82, 2.24) is 9.78 Å². The summed E-state index contributed by atoms with van der Waals surface area (Å²) in [6.45, 7) is 0.740. The van der Waals surface area contributed by atoms with Crippen LogP contribution in [0, 0.1) is 0 Å². The van der Waals surface area contributed by atoms with E-state index in [0.29, 0.717) is 0 Å². The molecule has 3 nitrogen and oxygen atoms in total. The van der Waals surface area contributed by atoms with Crippen LogP contribution in [0.15, 0.2) is 12.3 Å². The van der Waals surface area contributed by atoms with Gasteiger partial charge in [0.15, 0.2) is 0 Å². The number of nitrogens with two attached hydrogens (primary N) is 1. The molecule has 2 rings (SSSR count). The Hall–Kier alpha value is -0.830. The van der Waals surface area contributed by atoms with Gasteiger partial charge < -0.3 is 5.73 Å². The van der Waals surface area contributed by atoms with Crippen LogP contribution < -0.4 is 5.73 Å². The van der Waals surface area contributed by atoms with Crippen LogP contribution in [-0.4, -0.2) is 16.3 Å². The number of aromatic nitrogens is 2. The van der Waals surface area contributed by atoms with Gasteiger partial charge in [0.25, 0.3) is 0 Å². The van der Waals surface area contributed by atoms with Crippen molar-refractivity contribution in [2.24, 2.45) is 12.8 Å². The maximum Gasteiger partial charge on any atom is 0.0698 e. The molecule has 0 aromatic carbocycles. The van der Waals surface area contributed by atoms with E-state index in [1.54, 1.807) is 0 Å². The van der Waals surface area contributed by atoms with Gasteiger partial charge >= 0.3 is 0 Å². The summed E-state index contributed by atoms with van der Waals surface area (Å²) in [5.74, 6) is 0. The zero-order valence-corrected chi connectivity index (χ0v) is 8.16. The highest BCUT2D eigenvalue weighted by Gasteiger charge is 2.36. The van der Waals surface area contributed by atoms with Crippen LogP contribution in [0.2, 0.25) is 0 Å². The van der Waals surface area contributed by atoms with E-state index in [1.165, 1.54) is 31.4 Å². The Kier molecular flexibility index (Phi) is 2.12. The lowest BCUT2D eigenvalue weighted by Crippen LogP contribution is -2.32. The van der Waals surface area contributed by atoms with Gasteiger partial charge in [-0.1, -0.05) is 12.8 Å². The van der Waals surface area contributed by atoms with E-state index in [1.807, 2.05) is 17.9 Å². The van der Waals surface area contributed by atoms with Gasteiger partial charge in [0.05, 0.1) is 5.69 Å². The Bertz CT molecular complexity index is 284. The Balaban J connectivity index is 2.30. The predicted octanol–water partition coefficient (Wildman–Crippen LogP) is 1.19. The van der Waals surface area contributed by atoms with E-state index in [2.05, 4.69) is 11.2 Å². The molecular formula is C10H17N3. The van der Waals surface area contributed by atoms with Gasteiger partial charge in [-0.25, -0.2) is 0 Å². The summed E-state index contributed by atoms with van der Waals surface area (Å²) >= 11 is 0. The third-order valence-corrected chi connectivity index (χ3v) is 3.21. The van der Waals surface area contributed by atoms with Gasteiger partial charge in [0, 0.05) is 25.2 Å². The molecule has 72 valence electrons. The van der Waals surface area contributed by atoms with Crippen LogP contribution in [0.5, 0.6) is 0 Å². The molecule has 0 bridgehead atoms. The number of aryl methyl sites for hydroxylation is 1. The van der Waals surface area contributed by atoms with E-state index >= 15 is 0 Å². The summed E-state index contributed by atoms with van der Waals surface area (Å²) in [7, 11) is 1.96. The summed E-state index contributed by atoms with van der Waals surface area (Å²) in [6, 6.07) is 2.11. The lowest BCUT2D eigenvalue weighted by molar-refractivity contribution is 0.434. The minimum absolute atomic E-state index is 0.196. The third-order valence-electron chi connectivity index (χ3n) is 3.21. The second kappa shape index (κ2) is 3.14. The van der Waals surface area contributed by atoms with Gasteiger partial charge in [-0.2, -0.15) is 5.10 Å². The van der Waals surface area contributed by atoms with Crippen LogP contribution >= 0.6 is 0 Å². The van der Waals surface area contributed by atoms with Gasteiger partial charge in [-0.15, -0.1) is 0 Å². The first-order chi connectivity index (χ1) is 6.27. The van der Waals surface area contributed by atoms with Gasteiger partial charge in [0.1, 0.15) is 0 Å². The molecule has 13 heavy (non-hydrogen) atoms. The summed E-state index contributed by atoms with van der Waals surface area (Å²) in [6.07, 6.45) is 7.02. The molecule has 0 unspecified atom stereocenters. The molecule has 2 N–H and O–H groups in total. The molecule has 0 saturated heterocycles. The first-order valence-corrected chi connectivity index (χ1v) is 4.97. The fraction of sp³-hybridized carbons (Fsp3) is 0.700. The normalized spacial score (nSPS) is 20.8. The van der Waals surface area contributed by atoms with Crippen molar-refractivity contribution in [2.45, 2.75) is 31.1 Å². The van der Waals surface area contributed by atoms with Crippen molar-refractivity contribution < 1.29 is 0 Å². The molecule has 0 atom stereocenters. The molecule has 1 aromatic rings. The lowest BCUT2D eigenvalue weighted by atomic mass is 9.83. The molecule has 1 fully saturated rings. The fourth-order valence-corrected chi connectivity index (χ4v) is 2.31. The highest BCUT2D eigenvalue weighted by Crippen LogP contribution is 2.39. The highest BCUT2D eigenvalue weighted by atomic mass is 15.3. The largest absolute Gasteiger partial charge is 0.330 e. The Labute approximate surface area is 78.9 Å². The average molecular weight is 179 g/mol. The van der Waals surface area contributed by atoms with E-state index in [4.69, 9.17) is 5.73 Å². The average Bonchev–Trinajstić information content (AvgIpc) is 2.73. The van der Waals surface area contributed by atoms with E-state index in [-0.39, 0.29) is 5.41 Å². The zero-order chi connectivity index (χ0) is 9.31. The van der Waals surface area contributed by atoms with Crippen molar-refractivity contribution in [1.29, 1.82) is 0 Å². The number of nitrogens with zero attached hydrogens (tertiary/aromatic N) is 2. The molecule has 0 aliphatic heterocycles. The summed E-state index contributed by atoms with van der Waals surface area (Å²) in [5.41, 5.74) is 7.25. The maximum atomic E-state index is 5.86. The van der Waals surface area contributed by atoms with Crippen LogP contribution in [0.3, 0.4) is 0 Å². The topological polar surface area (TPSA) is 43.8 Å². The molecule has 0 spiro atoms. The van der Waals surface area contributed by atoms with Crippen LogP contribution in [-0.2, 0) is 12.5 Å². The number of hydrogen-bond donors (Lipinski definition) is 1. The number of rotatable bonds is 2. The van der Waals surface area contributed by atoms with Crippen molar-refractivity contribution in [2.75, 3.05) is 6.54 Å². The Morgan fingerprint density at radius 2 is 2.23 bits per heavy atom. The van der Waals surface area contributed by atoms with Crippen molar-refractivity contribution in [3.8, 4) is 0 Å². The SMILES string of the molecule is Cn1ccc(C2(CN)CCCC2)n1. The maximum absolute atomic E-state index is 5.86. The smallest absolute Gasteiger partial charge is 0.0698 e. The van der Waals surface area contributed by atoms with Crippen LogP contribution in [0.25, 0.3) is 0 Å². The van der Waals surface area contributed by atoms with Crippen LogP contribution in [0.1, 0.15) is 31.4 Å². The summed E-state index contributed by atoms with van der Waals surface area (Å²) < 4.78 is 1.87. The highest BCUT2D eigenvalue weighted by molar-refractivity contribution is 5.17. The van der Waals surface area contributed by atoms with Gasteiger partial charge in [-0.05, 0) is 18.9 Å². The van der Waals surface area contributed by atoms with E-state index in [0.717, 1.165) is 6.54 Å². The fourth-order valence-electron chi connectivity index (χ4n) is 2.31. The Morgan fingerprint density at radius 3 is 2.69 bits per heavy atom. The molecule has 1 aliphatic rings. The molecule has 1 saturated carbocycles. The Morgan fingerprint density at radius 1 is 1.54 bits per heavy atom. The quantitative estimate of drug-likeness (QED) is 0.741. The van der Waals surface area contributed by atoms with E-state index < -0.39 is 0 Å². The van der Waals surface area contributed by atoms with Crippen molar-refractivity contribution in [3.05, 3.63) is 18.0 Å². The molecule has 0 amide bonds. The lowest BCUT2D eigenvalue weighted by Gasteiger charge is -2.24. The molecular weight excluding hydrogens is 162 g/mol.